The highest BCUT2D eigenvalue weighted by Crippen LogP contribution is 2.15. The van der Waals surface area contributed by atoms with E-state index in [0.29, 0.717) is 11.3 Å². The molecule has 154 valence electrons. The highest BCUT2D eigenvalue weighted by Gasteiger charge is 2.11. The van der Waals surface area contributed by atoms with Gasteiger partial charge in [0, 0.05) is 31.4 Å². The molecule has 0 aliphatic rings. The van der Waals surface area contributed by atoms with Gasteiger partial charge >= 0.3 is 0 Å². The van der Waals surface area contributed by atoms with Crippen molar-refractivity contribution in [1.29, 1.82) is 0 Å². The molecule has 0 aliphatic heterocycles. The SMILES string of the molecule is O=C(Cc1cccc(F)c1)NCCNC(=O)c1ccn(-c2ccc([N+](=O)[O-])cc2)n1. The predicted molar refractivity (Wildman–Crippen MR) is 106 cm³/mol. The standard InChI is InChI=1S/C20H18FN5O4/c21-15-3-1-2-14(12-15)13-19(27)22-9-10-23-20(28)18-8-11-25(24-18)16-4-6-17(7-5-16)26(29)30/h1-8,11-12H,9-10,13H2,(H,22,27)(H,23,28). The van der Waals surface area contributed by atoms with Crippen molar-refractivity contribution in [3.8, 4) is 5.69 Å². The average molecular weight is 411 g/mol. The maximum atomic E-state index is 13.1. The number of halogens is 1. The van der Waals surface area contributed by atoms with Crippen LogP contribution in [-0.4, -0.2) is 39.6 Å². The Balaban J connectivity index is 1.45. The highest BCUT2D eigenvalue weighted by molar-refractivity contribution is 5.92. The van der Waals surface area contributed by atoms with Crippen LogP contribution in [-0.2, 0) is 11.2 Å². The Bertz CT molecular complexity index is 1070. The summed E-state index contributed by atoms with van der Waals surface area (Å²) in [6.07, 6.45) is 1.61. The summed E-state index contributed by atoms with van der Waals surface area (Å²) in [7, 11) is 0. The van der Waals surface area contributed by atoms with Crippen molar-refractivity contribution >= 4 is 17.5 Å². The second kappa shape index (κ2) is 9.41. The van der Waals surface area contributed by atoms with Gasteiger partial charge in [-0.3, -0.25) is 19.7 Å². The molecular formula is C20H18FN5O4. The number of nitrogens with one attached hydrogen (secondary N) is 2. The number of nitro benzene ring substituents is 1. The number of nitro groups is 1. The molecule has 3 aromatic rings. The lowest BCUT2D eigenvalue weighted by molar-refractivity contribution is -0.384. The fourth-order valence-electron chi connectivity index (χ4n) is 2.68. The number of rotatable bonds is 8. The first-order valence-electron chi connectivity index (χ1n) is 9.02. The maximum Gasteiger partial charge on any atom is 0.271 e. The summed E-state index contributed by atoms with van der Waals surface area (Å²) in [6, 6.07) is 13.1. The number of hydrogen-bond acceptors (Lipinski definition) is 5. The van der Waals surface area contributed by atoms with Crippen LogP contribution >= 0.6 is 0 Å². The van der Waals surface area contributed by atoms with Gasteiger partial charge in [-0.25, -0.2) is 9.07 Å². The quantitative estimate of drug-likeness (QED) is 0.334. The summed E-state index contributed by atoms with van der Waals surface area (Å²) in [4.78, 5) is 34.2. The molecule has 0 fully saturated rings. The minimum atomic E-state index is -0.497. The minimum Gasteiger partial charge on any atom is -0.354 e. The monoisotopic (exact) mass is 411 g/mol. The van der Waals surface area contributed by atoms with Gasteiger partial charge in [-0.1, -0.05) is 12.1 Å². The summed E-state index contributed by atoms with van der Waals surface area (Å²) in [5, 5.41) is 20.1. The van der Waals surface area contributed by atoms with Gasteiger partial charge in [0.05, 0.1) is 17.0 Å². The van der Waals surface area contributed by atoms with E-state index in [9.17, 15) is 24.1 Å². The third-order valence-electron chi connectivity index (χ3n) is 4.13. The third kappa shape index (κ3) is 5.47. The van der Waals surface area contributed by atoms with Gasteiger partial charge in [0.1, 0.15) is 5.82 Å². The molecule has 9 nitrogen and oxygen atoms in total. The molecular weight excluding hydrogens is 393 g/mol. The number of amides is 2. The molecule has 0 saturated heterocycles. The van der Waals surface area contributed by atoms with Crippen molar-refractivity contribution in [3.05, 3.63) is 88.0 Å². The molecule has 1 heterocycles. The number of non-ortho nitro benzene ring substituents is 1. The third-order valence-corrected chi connectivity index (χ3v) is 4.13. The van der Waals surface area contributed by atoms with Gasteiger partial charge in [0.15, 0.2) is 5.69 Å². The van der Waals surface area contributed by atoms with Gasteiger partial charge in [-0.05, 0) is 35.9 Å². The summed E-state index contributed by atoms with van der Waals surface area (Å²) >= 11 is 0. The van der Waals surface area contributed by atoms with Crippen LogP contribution in [0.15, 0.2) is 60.8 Å². The number of hydrogen-bond donors (Lipinski definition) is 2. The van der Waals surface area contributed by atoms with E-state index < -0.39 is 16.6 Å². The smallest absolute Gasteiger partial charge is 0.271 e. The van der Waals surface area contributed by atoms with E-state index in [2.05, 4.69) is 15.7 Å². The zero-order valence-corrected chi connectivity index (χ0v) is 15.7. The number of carbonyl (C=O) groups excluding carboxylic acids is 2. The molecule has 1 aromatic heterocycles. The summed E-state index contributed by atoms with van der Waals surface area (Å²) < 4.78 is 14.6. The lowest BCUT2D eigenvalue weighted by Crippen LogP contribution is -2.35. The van der Waals surface area contributed by atoms with Gasteiger partial charge in [-0.15, -0.1) is 0 Å². The van der Waals surface area contributed by atoms with E-state index in [0.717, 1.165) is 0 Å². The molecule has 0 saturated carbocycles. The van der Waals surface area contributed by atoms with Crippen LogP contribution in [0.5, 0.6) is 0 Å². The molecule has 3 rings (SSSR count). The Labute approximate surface area is 170 Å². The predicted octanol–water partition coefficient (Wildman–Crippen LogP) is 2.01. The minimum absolute atomic E-state index is 0.0386. The molecule has 0 unspecified atom stereocenters. The van der Waals surface area contributed by atoms with E-state index >= 15 is 0 Å². The zero-order chi connectivity index (χ0) is 21.5. The van der Waals surface area contributed by atoms with Gasteiger partial charge in [-0.2, -0.15) is 5.10 Å². The van der Waals surface area contributed by atoms with Gasteiger partial charge in [0.25, 0.3) is 11.6 Å². The Morgan fingerprint density at radius 3 is 2.50 bits per heavy atom. The highest BCUT2D eigenvalue weighted by atomic mass is 19.1. The fourth-order valence-corrected chi connectivity index (χ4v) is 2.68. The van der Waals surface area contributed by atoms with E-state index in [4.69, 9.17) is 0 Å². The maximum absolute atomic E-state index is 13.1. The van der Waals surface area contributed by atoms with Crippen LogP contribution in [0.25, 0.3) is 5.69 Å². The second-order valence-electron chi connectivity index (χ2n) is 6.33. The van der Waals surface area contributed by atoms with Crippen molar-refractivity contribution in [3.63, 3.8) is 0 Å². The molecule has 2 N–H and O–H groups in total. The Morgan fingerprint density at radius 1 is 1.07 bits per heavy atom. The largest absolute Gasteiger partial charge is 0.354 e. The van der Waals surface area contributed by atoms with E-state index in [1.807, 2.05) is 0 Å². The molecule has 0 atom stereocenters. The zero-order valence-electron chi connectivity index (χ0n) is 15.7. The van der Waals surface area contributed by atoms with Crippen LogP contribution in [0.3, 0.4) is 0 Å². The number of carbonyl (C=O) groups is 2. The van der Waals surface area contributed by atoms with Crippen molar-refractivity contribution in [2.24, 2.45) is 0 Å². The van der Waals surface area contributed by atoms with Crippen molar-refractivity contribution in [1.82, 2.24) is 20.4 Å². The molecule has 2 amide bonds. The van der Waals surface area contributed by atoms with Crippen LogP contribution in [0, 0.1) is 15.9 Å². The van der Waals surface area contributed by atoms with Crippen LogP contribution in [0.1, 0.15) is 16.1 Å². The van der Waals surface area contributed by atoms with Gasteiger partial charge in [0.2, 0.25) is 5.91 Å². The van der Waals surface area contributed by atoms with Crippen molar-refractivity contribution in [2.45, 2.75) is 6.42 Å². The molecule has 2 aromatic carbocycles. The Hall–Kier alpha value is -4.08. The lowest BCUT2D eigenvalue weighted by atomic mass is 10.1. The Morgan fingerprint density at radius 2 is 1.80 bits per heavy atom. The Kier molecular flexibility index (Phi) is 6.48. The molecule has 0 spiro atoms. The van der Waals surface area contributed by atoms with Crippen molar-refractivity contribution < 1.29 is 18.9 Å². The normalized spacial score (nSPS) is 10.4. The summed E-state index contributed by atoms with van der Waals surface area (Å²) in [5.74, 6) is -1.10. The number of benzene rings is 2. The first kappa shape index (κ1) is 20.6. The molecule has 10 heteroatoms. The first-order chi connectivity index (χ1) is 14.4. The average Bonchev–Trinajstić information content (AvgIpc) is 3.21. The van der Waals surface area contributed by atoms with E-state index in [1.54, 1.807) is 12.3 Å². The number of aromatic nitrogens is 2. The lowest BCUT2D eigenvalue weighted by Gasteiger charge is -2.06. The molecule has 30 heavy (non-hydrogen) atoms. The summed E-state index contributed by atoms with van der Waals surface area (Å²) in [6.45, 7) is 0.404. The topological polar surface area (TPSA) is 119 Å². The fraction of sp³-hybridized carbons (Fsp3) is 0.150. The first-order valence-corrected chi connectivity index (χ1v) is 9.02. The van der Waals surface area contributed by atoms with Crippen LogP contribution < -0.4 is 10.6 Å². The van der Waals surface area contributed by atoms with E-state index in [1.165, 1.54) is 53.2 Å². The number of nitrogens with zero attached hydrogens (tertiary/aromatic N) is 3. The van der Waals surface area contributed by atoms with Crippen molar-refractivity contribution in [2.75, 3.05) is 13.1 Å². The van der Waals surface area contributed by atoms with E-state index in [-0.39, 0.29) is 36.8 Å². The molecule has 0 radical (unpaired) electrons. The molecule has 0 bridgehead atoms. The summed E-state index contributed by atoms with van der Waals surface area (Å²) in [5.41, 5.74) is 1.26. The van der Waals surface area contributed by atoms with Gasteiger partial charge < -0.3 is 10.6 Å². The molecule has 0 aliphatic carbocycles. The second-order valence-corrected chi connectivity index (χ2v) is 6.33. The van der Waals surface area contributed by atoms with Crippen LogP contribution in [0.4, 0.5) is 10.1 Å². The van der Waals surface area contributed by atoms with Crippen LogP contribution in [0.2, 0.25) is 0 Å².